The number of hydrogen-bond donors (Lipinski definition) is 2. The molecule has 1 atom stereocenters. The summed E-state index contributed by atoms with van der Waals surface area (Å²) in [4.78, 5) is 23.8. The van der Waals surface area contributed by atoms with Crippen molar-refractivity contribution in [2.24, 2.45) is 17.1 Å². The van der Waals surface area contributed by atoms with Gasteiger partial charge in [0, 0.05) is 17.7 Å². The van der Waals surface area contributed by atoms with Gasteiger partial charge in [0.25, 0.3) is 0 Å². The van der Waals surface area contributed by atoms with Crippen LogP contribution in [0.4, 0.5) is 5.69 Å². The Hall–Kier alpha value is -2.63. The maximum atomic E-state index is 12.4. The minimum Gasteiger partial charge on any atom is -0.366 e. The van der Waals surface area contributed by atoms with Crippen molar-refractivity contribution in [2.45, 2.75) is 27.2 Å². The second kappa shape index (κ2) is 5.22. The van der Waals surface area contributed by atoms with Crippen molar-refractivity contribution in [1.29, 1.82) is 0 Å². The number of aromatic nitrogens is 2. The lowest BCUT2D eigenvalue weighted by Gasteiger charge is -2.13. The number of rotatable bonds is 4. The smallest absolute Gasteiger partial charge is 0.248 e. The molecule has 1 heterocycles. The highest BCUT2D eigenvalue weighted by Gasteiger charge is 2.50. The van der Waals surface area contributed by atoms with Gasteiger partial charge in [0.15, 0.2) is 0 Å². The first-order chi connectivity index (χ1) is 10.8. The van der Waals surface area contributed by atoms with E-state index in [1.54, 1.807) is 29.1 Å². The van der Waals surface area contributed by atoms with Crippen molar-refractivity contribution >= 4 is 17.5 Å². The second-order valence-electron chi connectivity index (χ2n) is 6.79. The van der Waals surface area contributed by atoms with E-state index in [1.165, 1.54) is 0 Å². The van der Waals surface area contributed by atoms with E-state index >= 15 is 0 Å². The van der Waals surface area contributed by atoms with E-state index in [-0.39, 0.29) is 17.2 Å². The first kappa shape index (κ1) is 15.3. The normalized spacial score (nSPS) is 18.5. The maximum Gasteiger partial charge on any atom is 0.248 e. The van der Waals surface area contributed by atoms with E-state index < -0.39 is 5.91 Å². The molecule has 6 heteroatoms. The Morgan fingerprint density at radius 2 is 2.09 bits per heavy atom. The SMILES string of the molecule is Cc1cnn(-c2ccc(C(N)=O)cc2NC(=O)[C@H]2CC2(C)C)c1. The largest absolute Gasteiger partial charge is 0.366 e. The molecule has 0 unspecified atom stereocenters. The van der Waals surface area contributed by atoms with Gasteiger partial charge in [-0.05, 0) is 42.5 Å². The van der Waals surface area contributed by atoms with E-state index in [1.807, 2.05) is 13.1 Å². The molecule has 1 aromatic heterocycles. The first-order valence-electron chi connectivity index (χ1n) is 7.54. The van der Waals surface area contributed by atoms with E-state index in [2.05, 4.69) is 24.3 Å². The van der Waals surface area contributed by atoms with Crippen molar-refractivity contribution < 1.29 is 9.59 Å². The quantitative estimate of drug-likeness (QED) is 0.907. The van der Waals surface area contributed by atoms with E-state index in [4.69, 9.17) is 5.73 Å². The number of hydrogen-bond acceptors (Lipinski definition) is 3. The number of carbonyl (C=O) groups is 2. The molecule has 0 radical (unpaired) electrons. The molecule has 1 aromatic carbocycles. The van der Waals surface area contributed by atoms with Crippen LogP contribution in [0.5, 0.6) is 0 Å². The highest BCUT2D eigenvalue weighted by atomic mass is 16.2. The van der Waals surface area contributed by atoms with Gasteiger partial charge in [-0.3, -0.25) is 9.59 Å². The van der Waals surface area contributed by atoms with Crippen LogP contribution in [0.25, 0.3) is 5.69 Å². The zero-order chi connectivity index (χ0) is 16.8. The summed E-state index contributed by atoms with van der Waals surface area (Å²) >= 11 is 0. The summed E-state index contributed by atoms with van der Waals surface area (Å²) in [6.45, 7) is 6.07. The Labute approximate surface area is 134 Å². The zero-order valence-corrected chi connectivity index (χ0v) is 13.5. The third-order valence-electron chi connectivity index (χ3n) is 4.33. The van der Waals surface area contributed by atoms with Crippen LogP contribution in [-0.4, -0.2) is 21.6 Å². The van der Waals surface area contributed by atoms with Gasteiger partial charge in [0.1, 0.15) is 0 Å². The summed E-state index contributed by atoms with van der Waals surface area (Å²) in [5, 5.41) is 7.19. The van der Waals surface area contributed by atoms with Crippen LogP contribution < -0.4 is 11.1 Å². The number of carbonyl (C=O) groups excluding carboxylic acids is 2. The summed E-state index contributed by atoms with van der Waals surface area (Å²) in [5.74, 6) is -0.580. The van der Waals surface area contributed by atoms with E-state index in [9.17, 15) is 9.59 Å². The Morgan fingerprint density at radius 3 is 2.61 bits per heavy atom. The Balaban J connectivity index is 1.96. The van der Waals surface area contributed by atoms with Crippen LogP contribution in [0.15, 0.2) is 30.6 Å². The van der Waals surface area contributed by atoms with Crippen molar-refractivity contribution in [2.75, 3.05) is 5.32 Å². The van der Waals surface area contributed by atoms with Crippen LogP contribution in [-0.2, 0) is 4.79 Å². The lowest BCUT2D eigenvalue weighted by atomic mass is 10.1. The van der Waals surface area contributed by atoms with Gasteiger partial charge in [0.05, 0.1) is 17.6 Å². The second-order valence-corrected chi connectivity index (χ2v) is 6.79. The van der Waals surface area contributed by atoms with Gasteiger partial charge >= 0.3 is 0 Å². The Bertz CT molecular complexity index is 792. The fraction of sp³-hybridized carbons (Fsp3) is 0.353. The molecule has 1 saturated carbocycles. The third kappa shape index (κ3) is 2.97. The highest BCUT2D eigenvalue weighted by Crippen LogP contribution is 2.52. The highest BCUT2D eigenvalue weighted by molar-refractivity contribution is 5.99. The predicted octanol–water partition coefficient (Wildman–Crippen LogP) is 2.26. The summed E-state index contributed by atoms with van der Waals surface area (Å²) in [5.41, 5.74) is 7.98. The van der Waals surface area contributed by atoms with Crippen LogP contribution in [0.1, 0.15) is 36.2 Å². The molecule has 1 aliphatic rings. The van der Waals surface area contributed by atoms with Gasteiger partial charge in [-0.15, -0.1) is 0 Å². The number of primary amides is 1. The van der Waals surface area contributed by atoms with Crippen LogP contribution >= 0.6 is 0 Å². The number of amides is 2. The van der Waals surface area contributed by atoms with E-state index in [0.29, 0.717) is 16.9 Å². The molecule has 120 valence electrons. The minimum atomic E-state index is -0.532. The number of nitrogens with zero attached hydrogens (tertiary/aromatic N) is 2. The number of aryl methyl sites for hydroxylation is 1. The Kier molecular flexibility index (Phi) is 3.47. The van der Waals surface area contributed by atoms with Gasteiger partial charge in [-0.2, -0.15) is 5.10 Å². The zero-order valence-electron chi connectivity index (χ0n) is 13.5. The van der Waals surface area contributed by atoms with Crippen LogP contribution in [0, 0.1) is 18.3 Å². The van der Waals surface area contributed by atoms with Crippen molar-refractivity contribution in [1.82, 2.24) is 9.78 Å². The van der Waals surface area contributed by atoms with Crippen LogP contribution in [0.2, 0.25) is 0 Å². The van der Waals surface area contributed by atoms with E-state index in [0.717, 1.165) is 12.0 Å². The molecule has 3 N–H and O–H groups in total. The van der Waals surface area contributed by atoms with Gasteiger partial charge < -0.3 is 11.1 Å². The molecule has 2 aromatic rings. The predicted molar refractivity (Wildman–Crippen MR) is 87.3 cm³/mol. The molecular formula is C17H20N4O2. The molecular weight excluding hydrogens is 292 g/mol. The van der Waals surface area contributed by atoms with Crippen LogP contribution in [0.3, 0.4) is 0 Å². The lowest BCUT2D eigenvalue weighted by Crippen LogP contribution is -2.19. The standard InChI is InChI=1S/C17H20N4O2/c1-10-8-19-21(9-10)14-5-4-11(15(18)22)6-13(14)20-16(23)12-7-17(12,2)3/h4-6,8-9,12H,7H2,1-3H3,(H2,18,22)(H,20,23)/t12-/m1/s1. The molecule has 3 rings (SSSR count). The molecule has 0 aliphatic heterocycles. The molecule has 0 bridgehead atoms. The monoisotopic (exact) mass is 312 g/mol. The third-order valence-corrected chi connectivity index (χ3v) is 4.33. The van der Waals surface area contributed by atoms with Crippen molar-refractivity contribution in [3.8, 4) is 5.69 Å². The van der Waals surface area contributed by atoms with Crippen molar-refractivity contribution in [3.05, 3.63) is 41.7 Å². The fourth-order valence-electron chi connectivity index (χ4n) is 2.67. The lowest BCUT2D eigenvalue weighted by molar-refractivity contribution is -0.118. The summed E-state index contributed by atoms with van der Waals surface area (Å²) < 4.78 is 1.67. The molecule has 1 aliphatic carbocycles. The van der Waals surface area contributed by atoms with Crippen molar-refractivity contribution in [3.63, 3.8) is 0 Å². The topological polar surface area (TPSA) is 90.0 Å². The average molecular weight is 312 g/mol. The van der Waals surface area contributed by atoms with Gasteiger partial charge in [-0.25, -0.2) is 4.68 Å². The maximum absolute atomic E-state index is 12.4. The molecule has 2 amide bonds. The molecule has 0 saturated heterocycles. The summed E-state index contributed by atoms with van der Waals surface area (Å²) in [6.07, 6.45) is 4.46. The fourth-order valence-corrected chi connectivity index (χ4v) is 2.67. The number of nitrogens with two attached hydrogens (primary N) is 1. The molecule has 23 heavy (non-hydrogen) atoms. The number of anilines is 1. The summed E-state index contributed by atoms with van der Waals surface area (Å²) in [6, 6.07) is 4.97. The number of benzene rings is 1. The Morgan fingerprint density at radius 1 is 1.39 bits per heavy atom. The first-order valence-corrected chi connectivity index (χ1v) is 7.54. The van der Waals surface area contributed by atoms with Gasteiger partial charge in [0.2, 0.25) is 11.8 Å². The molecule has 6 nitrogen and oxygen atoms in total. The average Bonchev–Trinajstić information content (AvgIpc) is 2.90. The summed E-state index contributed by atoms with van der Waals surface area (Å²) in [7, 11) is 0. The minimum absolute atomic E-state index is 0.00746. The van der Waals surface area contributed by atoms with Gasteiger partial charge in [-0.1, -0.05) is 13.8 Å². The number of nitrogens with one attached hydrogen (secondary N) is 1. The molecule has 1 fully saturated rings. The molecule has 0 spiro atoms.